The van der Waals surface area contributed by atoms with E-state index in [9.17, 15) is 0 Å². The number of aryl methyl sites for hydroxylation is 1. The summed E-state index contributed by atoms with van der Waals surface area (Å²) < 4.78 is 12.5. The van der Waals surface area contributed by atoms with Crippen LogP contribution >= 0.6 is 0 Å². The Hall–Kier alpha value is -2.07. The summed E-state index contributed by atoms with van der Waals surface area (Å²) in [5.74, 6) is 2.74. The molecule has 1 aliphatic carbocycles. The van der Waals surface area contributed by atoms with Crippen LogP contribution in [0, 0.1) is 0 Å². The topological polar surface area (TPSA) is 34.6 Å². The van der Waals surface area contributed by atoms with Crippen molar-refractivity contribution in [2.45, 2.75) is 56.6 Å². The van der Waals surface area contributed by atoms with Crippen molar-refractivity contribution in [2.75, 3.05) is 13.1 Å². The standard InChI is InChI=1S/C22H26N2O2/c1-2-18(3-1)24-14-10-22(11-15-24)9-6-17-16-20(4-5-21(17)26-22)25-19-7-12-23-13-8-19/h4-5,7-8,12-13,16,18H,1-3,6,9-11,14-15H2. The Kier molecular flexibility index (Phi) is 4.08. The van der Waals surface area contributed by atoms with E-state index in [0.29, 0.717) is 0 Å². The number of hydrogen-bond donors (Lipinski definition) is 0. The maximum atomic E-state index is 6.55. The molecule has 2 fully saturated rings. The minimum atomic E-state index is 0.0563. The Morgan fingerprint density at radius 3 is 2.54 bits per heavy atom. The molecule has 0 atom stereocenters. The molecule has 0 radical (unpaired) electrons. The number of aromatic nitrogens is 1. The van der Waals surface area contributed by atoms with E-state index in [2.05, 4.69) is 22.0 Å². The van der Waals surface area contributed by atoms with Crippen molar-refractivity contribution in [3.8, 4) is 17.2 Å². The third-order valence-electron chi connectivity index (χ3n) is 6.39. The summed E-state index contributed by atoms with van der Waals surface area (Å²) in [6.07, 6.45) is 12.2. The number of rotatable bonds is 3. The summed E-state index contributed by atoms with van der Waals surface area (Å²) in [6.45, 7) is 2.40. The lowest BCUT2D eigenvalue weighted by Gasteiger charge is -2.48. The maximum Gasteiger partial charge on any atom is 0.130 e. The largest absolute Gasteiger partial charge is 0.487 e. The van der Waals surface area contributed by atoms with Crippen molar-refractivity contribution in [1.29, 1.82) is 0 Å². The third-order valence-corrected chi connectivity index (χ3v) is 6.39. The van der Waals surface area contributed by atoms with Crippen LogP contribution in [0.15, 0.2) is 42.7 Å². The van der Waals surface area contributed by atoms with Crippen LogP contribution < -0.4 is 9.47 Å². The van der Waals surface area contributed by atoms with Gasteiger partial charge in [-0.1, -0.05) is 6.42 Å². The molecule has 0 bridgehead atoms. The normalized spacial score (nSPS) is 22.3. The lowest BCUT2D eigenvalue weighted by molar-refractivity contribution is -0.0337. The minimum Gasteiger partial charge on any atom is -0.487 e. The molecule has 3 heterocycles. The first-order chi connectivity index (χ1) is 12.8. The quantitative estimate of drug-likeness (QED) is 0.811. The smallest absolute Gasteiger partial charge is 0.130 e. The first-order valence-electron chi connectivity index (χ1n) is 9.94. The van der Waals surface area contributed by atoms with Crippen LogP contribution in [0.2, 0.25) is 0 Å². The molecule has 3 aliphatic rings. The fourth-order valence-corrected chi connectivity index (χ4v) is 4.50. The molecule has 1 saturated heterocycles. The number of fused-ring (bicyclic) bond motifs is 1. The molecule has 0 N–H and O–H groups in total. The summed E-state index contributed by atoms with van der Waals surface area (Å²) in [6, 6.07) is 10.8. The molecular formula is C22H26N2O2. The van der Waals surface area contributed by atoms with Gasteiger partial charge < -0.3 is 14.4 Å². The van der Waals surface area contributed by atoms with Gasteiger partial charge >= 0.3 is 0 Å². The lowest BCUT2D eigenvalue weighted by atomic mass is 9.81. The SMILES string of the molecule is c1cc(Oc2ccc3c(c2)CCC2(CCN(C4CCC4)CC2)O3)ccn1. The van der Waals surface area contributed by atoms with Gasteiger partial charge in [-0.25, -0.2) is 0 Å². The molecule has 136 valence electrons. The molecule has 5 rings (SSSR count). The first kappa shape index (κ1) is 16.1. The highest BCUT2D eigenvalue weighted by Crippen LogP contribution is 2.42. The second kappa shape index (κ2) is 6.58. The number of likely N-dealkylation sites (tertiary alicyclic amines) is 1. The Bertz CT molecular complexity index is 765. The Morgan fingerprint density at radius 1 is 1.00 bits per heavy atom. The van der Waals surface area contributed by atoms with Crippen molar-refractivity contribution >= 4 is 0 Å². The zero-order valence-electron chi connectivity index (χ0n) is 15.2. The van der Waals surface area contributed by atoms with Gasteiger partial charge in [0.15, 0.2) is 0 Å². The van der Waals surface area contributed by atoms with Crippen LogP contribution in [0.1, 0.15) is 44.1 Å². The van der Waals surface area contributed by atoms with Crippen molar-refractivity contribution in [3.05, 3.63) is 48.3 Å². The Balaban J connectivity index is 1.26. The van der Waals surface area contributed by atoms with Crippen molar-refractivity contribution < 1.29 is 9.47 Å². The maximum absolute atomic E-state index is 6.55. The van der Waals surface area contributed by atoms with E-state index in [4.69, 9.17) is 9.47 Å². The van der Waals surface area contributed by atoms with Crippen LogP contribution in [0.25, 0.3) is 0 Å². The minimum absolute atomic E-state index is 0.0563. The lowest BCUT2D eigenvalue weighted by Crippen LogP contribution is -2.53. The Morgan fingerprint density at radius 2 is 1.81 bits per heavy atom. The van der Waals surface area contributed by atoms with E-state index in [1.807, 2.05) is 18.2 Å². The summed E-state index contributed by atoms with van der Waals surface area (Å²) >= 11 is 0. The van der Waals surface area contributed by atoms with Gasteiger partial charge in [-0.2, -0.15) is 0 Å². The van der Waals surface area contributed by atoms with Gasteiger partial charge in [-0.15, -0.1) is 0 Å². The molecular weight excluding hydrogens is 324 g/mol. The predicted octanol–water partition coefficient (Wildman–Crippen LogP) is 4.59. The van der Waals surface area contributed by atoms with Gasteiger partial charge in [0.05, 0.1) is 0 Å². The molecule has 4 nitrogen and oxygen atoms in total. The molecule has 1 aromatic carbocycles. The van der Waals surface area contributed by atoms with Gasteiger partial charge in [-0.3, -0.25) is 4.98 Å². The van der Waals surface area contributed by atoms with Gasteiger partial charge in [0, 0.05) is 31.5 Å². The third kappa shape index (κ3) is 3.07. The number of ether oxygens (including phenoxy) is 2. The zero-order chi connectivity index (χ0) is 17.4. The van der Waals surface area contributed by atoms with Gasteiger partial charge in [-0.05, 0) is 74.4 Å². The number of benzene rings is 1. The zero-order valence-corrected chi connectivity index (χ0v) is 15.2. The summed E-state index contributed by atoms with van der Waals surface area (Å²) in [5, 5.41) is 0. The first-order valence-corrected chi connectivity index (χ1v) is 9.94. The molecule has 1 spiro atoms. The summed E-state index contributed by atoms with van der Waals surface area (Å²) in [5.41, 5.74) is 1.32. The van der Waals surface area contributed by atoms with Crippen molar-refractivity contribution in [3.63, 3.8) is 0 Å². The number of hydrogen-bond acceptors (Lipinski definition) is 4. The van der Waals surface area contributed by atoms with Crippen LogP contribution in [-0.4, -0.2) is 34.6 Å². The molecule has 0 amide bonds. The van der Waals surface area contributed by atoms with Gasteiger partial charge in [0.25, 0.3) is 0 Å². The molecule has 1 aromatic heterocycles. The van der Waals surface area contributed by atoms with E-state index in [0.717, 1.165) is 49.0 Å². The van der Waals surface area contributed by atoms with E-state index in [-0.39, 0.29) is 5.60 Å². The summed E-state index contributed by atoms with van der Waals surface area (Å²) in [7, 11) is 0. The van der Waals surface area contributed by atoms with Crippen molar-refractivity contribution in [1.82, 2.24) is 9.88 Å². The molecule has 26 heavy (non-hydrogen) atoms. The molecule has 2 aromatic rings. The number of piperidine rings is 1. The number of nitrogens with zero attached hydrogens (tertiary/aromatic N) is 2. The fraction of sp³-hybridized carbons (Fsp3) is 0.500. The molecule has 2 aliphatic heterocycles. The highest BCUT2D eigenvalue weighted by Gasteiger charge is 2.41. The van der Waals surface area contributed by atoms with Crippen LogP contribution in [0.4, 0.5) is 0 Å². The van der Waals surface area contributed by atoms with E-state index in [1.165, 1.54) is 37.9 Å². The predicted molar refractivity (Wildman–Crippen MR) is 101 cm³/mol. The fourth-order valence-electron chi connectivity index (χ4n) is 4.50. The average Bonchev–Trinajstić information content (AvgIpc) is 2.63. The second-order valence-corrected chi connectivity index (χ2v) is 7.96. The highest BCUT2D eigenvalue weighted by molar-refractivity contribution is 5.43. The summed E-state index contributed by atoms with van der Waals surface area (Å²) in [4.78, 5) is 6.72. The van der Waals surface area contributed by atoms with Gasteiger partial charge in [0.1, 0.15) is 22.8 Å². The van der Waals surface area contributed by atoms with Crippen LogP contribution in [0.3, 0.4) is 0 Å². The average molecular weight is 350 g/mol. The van der Waals surface area contributed by atoms with Crippen molar-refractivity contribution in [2.24, 2.45) is 0 Å². The monoisotopic (exact) mass is 350 g/mol. The number of pyridine rings is 1. The molecule has 1 saturated carbocycles. The molecule has 0 unspecified atom stereocenters. The van der Waals surface area contributed by atoms with E-state index in [1.54, 1.807) is 12.4 Å². The van der Waals surface area contributed by atoms with Gasteiger partial charge in [0.2, 0.25) is 0 Å². The highest BCUT2D eigenvalue weighted by atomic mass is 16.5. The van der Waals surface area contributed by atoms with Crippen LogP contribution in [-0.2, 0) is 6.42 Å². The Labute approximate surface area is 155 Å². The second-order valence-electron chi connectivity index (χ2n) is 7.96. The van der Waals surface area contributed by atoms with E-state index < -0.39 is 0 Å². The van der Waals surface area contributed by atoms with E-state index >= 15 is 0 Å². The van der Waals surface area contributed by atoms with Crippen LogP contribution in [0.5, 0.6) is 17.2 Å². The molecule has 4 heteroatoms.